The lowest BCUT2D eigenvalue weighted by atomic mass is 9.49. The quantitative estimate of drug-likeness (QED) is 0.172. The predicted octanol–water partition coefficient (Wildman–Crippen LogP) is 10.4. The van der Waals surface area contributed by atoms with Gasteiger partial charge in [0.2, 0.25) is 0 Å². The molecule has 9 aliphatic carbocycles. The summed E-state index contributed by atoms with van der Waals surface area (Å²) in [5, 5.41) is 0. The van der Waals surface area contributed by atoms with Gasteiger partial charge >= 0.3 is 29.8 Å². The average molecular weight is 857 g/mol. The van der Waals surface area contributed by atoms with Crippen LogP contribution in [-0.4, -0.2) is 60.4 Å². The molecule has 11 rings (SSSR count). The zero-order valence-corrected chi connectivity index (χ0v) is 38.1. The van der Waals surface area contributed by atoms with Gasteiger partial charge in [-0.25, -0.2) is 0 Å². The second kappa shape index (κ2) is 18.4. The van der Waals surface area contributed by atoms with Crippen molar-refractivity contribution in [3.05, 3.63) is 0 Å². The van der Waals surface area contributed by atoms with E-state index >= 15 is 0 Å². The topological polar surface area (TPSA) is 132 Å². The molecule has 0 aromatic carbocycles. The van der Waals surface area contributed by atoms with Gasteiger partial charge in [0.25, 0.3) is 0 Å². The fraction of sp³-hybridized carbons (Fsp3) is 0.902. The molecule has 2 aliphatic heterocycles. The van der Waals surface area contributed by atoms with Crippen molar-refractivity contribution >= 4 is 29.8 Å². The fourth-order valence-electron chi connectivity index (χ4n) is 14.0. The molecule has 0 aromatic rings. The Kier molecular flexibility index (Phi) is 14.9. The molecular weight excluding hydrogens is 773 g/mol. The maximum absolute atomic E-state index is 12.5. The molecule has 9 saturated carbocycles. The van der Waals surface area contributed by atoms with Gasteiger partial charge in [-0.3, -0.25) is 24.0 Å². The van der Waals surface area contributed by atoms with Gasteiger partial charge in [-0.1, -0.05) is 49.5 Å². The molecule has 2 heterocycles. The summed E-state index contributed by atoms with van der Waals surface area (Å²) in [5.41, 5.74) is -0.679. The Labute approximate surface area is 368 Å². The van der Waals surface area contributed by atoms with Gasteiger partial charge in [-0.15, -0.1) is 0 Å². The van der Waals surface area contributed by atoms with E-state index in [0.717, 1.165) is 61.7 Å². The van der Waals surface area contributed by atoms with Crippen molar-refractivity contribution in [3.8, 4) is 0 Å². The third-order valence-corrected chi connectivity index (χ3v) is 18.1. The molecule has 11 fully saturated rings. The summed E-state index contributed by atoms with van der Waals surface area (Å²) in [7, 11) is 1.41. The van der Waals surface area contributed by atoms with Gasteiger partial charge in [0.1, 0.15) is 23.4 Å². The van der Waals surface area contributed by atoms with E-state index in [4.69, 9.17) is 18.9 Å². The van der Waals surface area contributed by atoms with Crippen LogP contribution in [0.4, 0.5) is 0 Å². The van der Waals surface area contributed by atoms with E-state index in [2.05, 4.69) is 32.4 Å². The minimum Gasteiger partial charge on any atom is -0.469 e. The van der Waals surface area contributed by atoms with E-state index in [0.29, 0.717) is 35.5 Å². The molecule has 0 aromatic heterocycles. The molecule has 8 bridgehead atoms. The number of carbonyl (C=O) groups excluding carboxylic acids is 5. The van der Waals surface area contributed by atoms with Gasteiger partial charge in [-0.2, -0.15) is 0 Å². The van der Waals surface area contributed by atoms with Crippen molar-refractivity contribution in [2.45, 2.75) is 191 Å². The normalized spacial score (nSPS) is 42.0. The number of cyclic esters (lactones) is 1. The van der Waals surface area contributed by atoms with E-state index in [1.807, 2.05) is 41.5 Å². The van der Waals surface area contributed by atoms with E-state index in [1.165, 1.54) is 58.5 Å². The van der Waals surface area contributed by atoms with E-state index < -0.39 is 0 Å². The Morgan fingerprint density at radius 1 is 0.754 bits per heavy atom. The molecule has 61 heavy (non-hydrogen) atoms. The number of hydrogen-bond donors (Lipinski definition) is 0. The summed E-state index contributed by atoms with van der Waals surface area (Å²) in [4.78, 5) is 58.2. The van der Waals surface area contributed by atoms with E-state index in [9.17, 15) is 24.0 Å². The van der Waals surface area contributed by atoms with Crippen molar-refractivity contribution < 1.29 is 47.7 Å². The summed E-state index contributed by atoms with van der Waals surface area (Å²) in [6, 6.07) is 0. The van der Waals surface area contributed by atoms with E-state index in [1.54, 1.807) is 0 Å². The first-order valence-corrected chi connectivity index (χ1v) is 23.7. The Morgan fingerprint density at radius 2 is 1.31 bits per heavy atom. The number of methoxy groups -OCH3 is 1. The van der Waals surface area contributed by atoms with Crippen LogP contribution < -0.4 is 0 Å². The van der Waals surface area contributed by atoms with Crippen LogP contribution in [0.2, 0.25) is 0 Å². The van der Waals surface area contributed by atoms with Crippen LogP contribution in [0.5, 0.6) is 0 Å². The standard InChI is InChI=1S/C17H28O2.C13H18O4.C13H18O2.C6H12O2.2CH4/c1-5-16(2,3)15(18)19-17(4)13-7-11-6-12(9-13)10-14(17)8-11;1-3-6(2)12(14)16-10-7-4-8-9(5-7)13(15)17-11(8)10;1-13(2)11-9-7-4-3-6(5-7)8(9)10(11)12(14)15-13;1-4-5(2)6(7)8-3;;/h11-14H,5-10H2,1-4H3;6-11H,3-5H2,1-2H3;6-11H,3-5H2,1-2H3;5H,4H2,1-3H3;2*1H4. The van der Waals surface area contributed by atoms with Gasteiger partial charge in [0.05, 0.1) is 36.2 Å². The molecule has 2 saturated heterocycles. The number of esters is 5. The minimum absolute atomic E-state index is 0. The number of hydrogen-bond acceptors (Lipinski definition) is 10. The molecule has 348 valence electrons. The molecule has 0 spiro atoms. The van der Waals surface area contributed by atoms with Gasteiger partial charge < -0.3 is 23.7 Å². The summed E-state index contributed by atoms with van der Waals surface area (Å²) in [6.45, 7) is 20.2. The van der Waals surface area contributed by atoms with Gasteiger partial charge in [-0.05, 0) is 165 Å². The second-order valence-electron chi connectivity index (χ2n) is 22.1. The largest absolute Gasteiger partial charge is 0.469 e. The van der Waals surface area contributed by atoms with Crippen LogP contribution in [0, 0.1) is 94.2 Å². The summed E-state index contributed by atoms with van der Waals surface area (Å²) in [6.07, 6.45) is 14.8. The van der Waals surface area contributed by atoms with Crippen molar-refractivity contribution in [2.24, 2.45) is 94.2 Å². The maximum atomic E-state index is 12.5. The number of rotatable bonds is 8. The Hall–Kier alpha value is -2.65. The monoisotopic (exact) mass is 857 g/mol. The van der Waals surface area contributed by atoms with Crippen LogP contribution in [0.15, 0.2) is 0 Å². The van der Waals surface area contributed by atoms with Crippen molar-refractivity contribution in [2.75, 3.05) is 7.11 Å². The zero-order valence-electron chi connectivity index (χ0n) is 38.1. The fourth-order valence-corrected chi connectivity index (χ4v) is 14.0. The third kappa shape index (κ3) is 8.79. The molecule has 13 unspecified atom stereocenters. The highest BCUT2D eigenvalue weighted by atomic mass is 16.6. The zero-order chi connectivity index (χ0) is 42.9. The van der Waals surface area contributed by atoms with Crippen LogP contribution in [-0.2, 0) is 47.7 Å². The van der Waals surface area contributed by atoms with Crippen LogP contribution in [0.25, 0.3) is 0 Å². The van der Waals surface area contributed by atoms with Crippen LogP contribution in [0.1, 0.15) is 168 Å². The van der Waals surface area contributed by atoms with E-state index in [-0.39, 0.29) is 97.2 Å². The number of carbonyl (C=O) groups is 5. The van der Waals surface area contributed by atoms with Gasteiger partial charge in [0, 0.05) is 17.8 Å². The highest BCUT2D eigenvalue weighted by molar-refractivity contribution is 5.79. The Bertz CT molecular complexity index is 1590. The maximum Gasteiger partial charge on any atom is 0.312 e. The molecule has 0 radical (unpaired) electrons. The molecule has 10 nitrogen and oxygen atoms in total. The first kappa shape index (κ1) is 49.4. The SMILES string of the molecule is C.C.CC1(C)OC(=O)C2C3C4CCC(C4)C3C21.CCC(C)(C)C(=O)OC1(C)C2CC3CC(C2)CC1C3.CCC(C)C(=O)OC.CCC(C)C(=O)OC1C2CC3C(=O)OC1C3C2. The van der Waals surface area contributed by atoms with Crippen molar-refractivity contribution in [1.82, 2.24) is 0 Å². The number of fused-ring (bicyclic) bond motifs is 9. The lowest BCUT2D eigenvalue weighted by molar-refractivity contribution is -0.211. The third-order valence-electron chi connectivity index (χ3n) is 18.1. The lowest BCUT2D eigenvalue weighted by Gasteiger charge is -2.59. The van der Waals surface area contributed by atoms with Crippen LogP contribution >= 0.6 is 0 Å². The number of ether oxygens (including phenoxy) is 5. The van der Waals surface area contributed by atoms with Crippen molar-refractivity contribution in [1.29, 1.82) is 0 Å². The lowest BCUT2D eigenvalue weighted by Crippen LogP contribution is -2.58. The summed E-state index contributed by atoms with van der Waals surface area (Å²) in [5.74, 6) is 7.76. The Balaban J connectivity index is 0.000000158. The first-order valence-electron chi connectivity index (χ1n) is 23.7. The highest BCUT2D eigenvalue weighted by Crippen LogP contribution is 2.71. The first-order chi connectivity index (χ1) is 27.8. The highest BCUT2D eigenvalue weighted by Gasteiger charge is 2.72. The van der Waals surface area contributed by atoms with Gasteiger partial charge in [0.15, 0.2) is 0 Å². The van der Waals surface area contributed by atoms with Crippen LogP contribution in [0.3, 0.4) is 0 Å². The molecule has 11 aliphatic rings. The van der Waals surface area contributed by atoms with Crippen molar-refractivity contribution in [3.63, 3.8) is 0 Å². The molecule has 0 amide bonds. The molecular formula is C51H84O10. The summed E-state index contributed by atoms with van der Waals surface area (Å²) >= 11 is 0. The average Bonchev–Trinajstić information content (AvgIpc) is 4.01. The molecule has 0 N–H and O–H groups in total. The second-order valence-corrected chi connectivity index (χ2v) is 22.1. The summed E-state index contributed by atoms with van der Waals surface area (Å²) < 4.78 is 27.1. The molecule has 13 atom stereocenters. The predicted molar refractivity (Wildman–Crippen MR) is 234 cm³/mol. The smallest absolute Gasteiger partial charge is 0.312 e. The Morgan fingerprint density at radius 3 is 1.84 bits per heavy atom. The minimum atomic E-state index is -0.336. The molecule has 10 heteroatoms.